The average molecular weight is 239 g/mol. The van der Waals surface area contributed by atoms with Crippen molar-refractivity contribution in [1.29, 1.82) is 0 Å². The van der Waals surface area contributed by atoms with E-state index in [1.54, 1.807) is 12.1 Å². The third kappa shape index (κ3) is 2.07. The van der Waals surface area contributed by atoms with E-state index in [4.69, 9.17) is 11.6 Å². The fourth-order valence-corrected chi connectivity index (χ4v) is 2.03. The molecule has 2 aromatic rings. The van der Waals surface area contributed by atoms with Crippen molar-refractivity contribution in [2.45, 2.75) is 6.92 Å². The van der Waals surface area contributed by atoms with Crippen LogP contribution in [0.25, 0.3) is 11.1 Å². The Bertz CT molecular complexity index is 495. The van der Waals surface area contributed by atoms with E-state index in [9.17, 15) is 8.78 Å². The summed E-state index contributed by atoms with van der Waals surface area (Å²) in [7, 11) is 0. The van der Waals surface area contributed by atoms with Gasteiger partial charge in [0.05, 0.1) is 0 Å². The summed E-state index contributed by atoms with van der Waals surface area (Å²) >= 11 is 6.02. The van der Waals surface area contributed by atoms with Crippen LogP contribution in [0.1, 0.15) is 5.56 Å². The second kappa shape index (κ2) is 4.22. The van der Waals surface area contributed by atoms with E-state index in [1.807, 2.05) is 13.0 Å². The van der Waals surface area contributed by atoms with E-state index < -0.39 is 11.6 Å². The number of halogens is 3. The van der Waals surface area contributed by atoms with Gasteiger partial charge in [-0.25, -0.2) is 8.78 Å². The molecule has 0 radical (unpaired) electrons. The zero-order chi connectivity index (χ0) is 11.7. The molecule has 0 bridgehead atoms. The molecular formula is C13H9ClF2. The Balaban J connectivity index is 2.67. The minimum absolute atomic E-state index is 0.459. The number of hydrogen-bond donors (Lipinski definition) is 0. The molecule has 2 aromatic carbocycles. The Morgan fingerprint density at radius 1 is 1.00 bits per heavy atom. The van der Waals surface area contributed by atoms with Crippen LogP contribution in [0.5, 0.6) is 0 Å². The summed E-state index contributed by atoms with van der Waals surface area (Å²) in [6.07, 6.45) is 0. The van der Waals surface area contributed by atoms with Crippen LogP contribution in [0, 0.1) is 18.6 Å². The maximum absolute atomic E-state index is 13.1. The summed E-state index contributed by atoms with van der Waals surface area (Å²) in [6.45, 7) is 1.85. The van der Waals surface area contributed by atoms with Gasteiger partial charge in [0.1, 0.15) is 11.6 Å². The van der Waals surface area contributed by atoms with Crippen molar-refractivity contribution < 1.29 is 8.78 Å². The Kier molecular flexibility index (Phi) is 2.92. The first-order chi connectivity index (χ1) is 7.58. The van der Waals surface area contributed by atoms with Gasteiger partial charge in [-0.05, 0) is 36.2 Å². The van der Waals surface area contributed by atoms with Crippen LogP contribution in [-0.4, -0.2) is 0 Å². The number of benzene rings is 2. The van der Waals surface area contributed by atoms with Crippen molar-refractivity contribution in [3.8, 4) is 11.1 Å². The van der Waals surface area contributed by atoms with Gasteiger partial charge in [0, 0.05) is 16.7 Å². The van der Waals surface area contributed by atoms with Gasteiger partial charge < -0.3 is 0 Å². The molecule has 0 saturated heterocycles. The Morgan fingerprint density at radius 3 is 2.19 bits per heavy atom. The molecule has 0 heterocycles. The van der Waals surface area contributed by atoms with Crippen molar-refractivity contribution in [3.05, 3.63) is 58.6 Å². The standard InChI is InChI=1S/C13H9ClF2/c1-8-3-2-4-12(14)13(8)9-5-10(15)7-11(16)6-9/h2-7H,1H3. The van der Waals surface area contributed by atoms with Crippen molar-refractivity contribution in [2.75, 3.05) is 0 Å². The molecule has 0 aromatic heterocycles. The van der Waals surface area contributed by atoms with Gasteiger partial charge in [0.15, 0.2) is 0 Å². The summed E-state index contributed by atoms with van der Waals surface area (Å²) < 4.78 is 26.2. The highest BCUT2D eigenvalue weighted by molar-refractivity contribution is 6.33. The minimum Gasteiger partial charge on any atom is -0.207 e. The zero-order valence-electron chi connectivity index (χ0n) is 8.60. The Morgan fingerprint density at radius 2 is 1.62 bits per heavy atom. The molecule has 16 heavy (non-hydrogen) atoms. The molecule has 0 spiro atoms. The maximum atomic E-state index is 13.1. The smallest absolute Gasteiger partial charge is 0.126 e. The highest BCUT2D eigenvalue weighted by Gasteiger charge is 2.09. The van der Waals surface area contributed by atoms with E-state index in [0.717, 1.165) is 11.6 Å². The lowest BCUT2D eigenvalue weighted by Crippen LogP contribution is -1.88. The third-order valence-electron chi connectivity index (χ3n) is 2.37. The zero-order valence-corrected chi connectivity index (χ0v) is 9.35. The highest BCUT2D eigenvalue weighted by atomic mass is 35.5. The molecule has 0 aliphatic heterocycles. The molecule has 0 N–H and O–H groups in total. The normalized spacial score (nSPS) is 10.5. The largest absolute Gasteiger partial charge is 0.207 e. The third-order valence-corrected chi connectivity index (χ3v) is 2.69. The molecule has 0 atom stereocenters. The molecule has 0 aliphatic rings. The lowest BCUT2D eigenvalue weighted by atomic mass is 10.0. The first kappa shape index (κ1) is 11.1. The predicted octanol–water partition coefficient (Wildman–Crippen LogP) is 4.59. The number of hydrogen-bond acceptors (Lipinski definition) is 0. The molecule has 0 fully saturated rings. The first-order valence-electron chi connectivity index (χ1n) is 4.79. The van der Waals surface area contributed by atoms with Gasteiger partial charge in [-0.1, -0.05) is 23.7 Å². The van der Waals surface area contributed by atoms with E-state index in [2.05, 4.69) is 0 Å². The molecule has 0 saturated carbocycles. The van der Waals surface area contributed by atoms with Crippen LogP contribution >= 0.6 is 11.6 Å². The Hall–Kier alpha value is -1.41. The number of aryl methyl sites for hydroxylation is 1. The Labute approximate surface area is 97.5 Å². The lowest BCUT2D eigenvalue weighted by Gasteiger charge is -2.08. The van der Waals surface area contributed by atoms with Crippen molar-refractivity contribution in [2.24, 2.45) is 0 Å². The fraction of sp³-hybridized carbons (Fsp3) is 0.0769. The fourth-order valence-electron chi connectivity index (χ4n) is 1.70. The SMILES string of the molecule is Cc1cccc(Cl)c1-c1cc(F)cc(F)c1. The maximum Gasteiger partial charge on any atom is 0.126 e. The lowest BCUT2D eigenvalue weighted by molar-refractivity contribution is 0.584. The summed E-state index contributed by atoms with van der Waals surface area (Å²) in [4.78, 5) is 0. The molecule has 0 unspecified atom stereocenters. The van der Waals surface area contributed by atoms with Crippen molar-refractivity contribution >= 4 is 11.6 Å². The van der Waals surface area contributed by atoms with Crippen LogP contribution in [0.2, 0.25) is 5.02 Å². The molecular weight excluding hydrogens is 230 g/mol. The van der Waals surface area contributed by atoms with Gasteiger partial charge in [-0.3, -0.25) is 0 Å². The first-order valence-corrected chi connectivity index (χ1v) is 5.17. The summed E-state index contributed by atoms with van der Waals surface area (Å²) in [5.74, 6) is -1.20. The van der Waals surface area contributed by atoms with Crippen LogP contribution in [0.15, 0.2) is 36.4 Å². The molecule has 3 heteroatoms. The van der Waals surface area contributed by atoms with Gasteiger partial charge in [-0.15, -0.1) is 0 Å². The summed E-state index contributed by atoms with van der Waals surface area (Å²) in [5, 5.41) is 0.491. The molecule has 82 valence electrons. The highest BCUT2D eigenvalue weighted by Crippen LogP contribution is 2.31. The van der Waals surface area contributed by atoms with Crippen LogP contribution in [0.4, 0.5) is 8.78 Å². The number of rotatable bonds is 1. The van der Waals surface area contributed by atoms with Gasteiger partial charge in [0.25, 0.3) is 0 Å². The molecule has 0 amide bonds. The second-order valence-corrected chi connectivity index (χ2v) is 4.00. The van der Waals surface area contributed by atoms with E-state index in [1.165, 1.54) is 12.1 Å². The van der Waals surface area contributed by atoms with Crippen LogP contribution < -0.4 is 0 Å². The molecule has 0 aliphatic carbocycles. The van der Waals surface area contributed by atoms with E-state index in [0.29, 0.717) is 16.1 Å². The molecule has 2 rings (SSSR count). The van der Waals surface area contributed by atoms with E-state index in [-0.39, 0.29) is 0 Å². The monoisotopic (exact) mass is 238 g/mol. The summed E-state index contributed by atoms with van der Waals surface area (Å²) in [6, 6.07) is 8.75. The average Bonchev–Trinajstić information content (AvgIpc) is 2.15. The van der Waals surface area contributed by atoms with Gasteiger partial charge in [0.2, 0.25) is 0 Å². The predicted molar refractivity (Wildman–Crippen MR) is 61.5 cm³/mol. The van der Waals surface area contributed by atoms with Gasteiger partial charge >= 0.3 is 0 Å². The van der Waals surface area contributed by atoms with Crippen LogP contribution in [-0.2, 0) is 0 Å². The second-order valence-electron chi connectivity index (χ2n) is 3.59. The topological polar surface area (TPSA) is 0 Å². The quantitative estimate of drug-likeness (QED) is 0.682. The van der Waals surface area contributed by atoms with Crippen LogP contribution in [0.3, 0.4) is 0 Å². The van der Waals surface area contributed by atoms with Crippen molar-refractivity contribution in [1.82, 2.24) is 0 Å². The summed E-state index contributed by atoms with van der Waals surface area (Å²) in [5.41, 5.74) is 2.01. The minimum atomic E-state index is -0.602. The van der Waals surface area contributed by atoms with Crippen molar-refractivity contribution in [3.63, 3.8) is 0 Å². The molecule has 0 nitrogen and oxygen atoms in total. The van der Waals surface area contributed by atoms with Gasteiger partial charge in [-0.2, -0.15) is 0 Å². The van der Waals surface area contributed by atoms with E-state index >= 15 is 0 Å².